The number of methoxy groups -OCH3 is 1. The van der Waals surface area contributed by atoms with E-state index in [0.29, 0.717) is 21.6 Å². The highest BCUT2D eigenvalue weighted by Crippen LogP contribution is 2.22. The van der Waals surface area contributed by atoms with Crippen molar-refractivity contribution in [2.75, 3.05) is 7.11 Å². The molecule has 0 aromatic carbocycles. The van der Waals surface area contributed by atoms with Crippen LogP contribution >= 0.6 is 15.9 Å². The number of esters is 1. The number of ether oxygens (including phenoxy) is 1. The van der Waals surface area contributed by atoms with Gasteiger partial charge < -0.3 is 10.1 Å². The molecule has 9 heteroatoms. The minimum absolute atomic E-state index is 0.159. The monoisotopic (exact) mass is 395 g/mol. The lowest BCUT2D eigenvalue weighted by Crippen LogP contribution is -2.26. The number of aryl methyl sites for hydroxylation is 2. The van der Waals surface area contributed by atoms with Gasteiger partial charge in [-0.2, -0.15) is 10.2 Å². The third kappa shape index (κ3) is 3.08. The molecule has 3 rings (SSSR count). The maximum absolute atomic E-state index is 12.3. The van der Waals surface area contributed by atoms with Crippen molar-refractivity contribution in [1.82, 2.24) is 24.9 Å². The molecule has 128 valence electrons. The van der Waals surface area contributed by atoms with Gasteiger partial charge >= 0.3 is 5.97 Å². The molecule has 0 bridgehead atoms. The molecule has 0 radical (unpaired) electrons. The molecule has 0 aliphatic carbocycles. The number of nitrogens with zero attached hydrogens (tertiary/aromatic N) is 4. The van der Waals surface area contributed by atoms with E-state index < -0.39 is 5.97 Å². The topological polar surface area (TPSA) is 91.0 Å². The second-order valence-corrected chi connectivity index (χ2v) is 6.41. The molecule has 0 unspecified atom stereocenters. The molecule has 3 heterocycles. The zero-order valence-corrected chi connectivity index (χ0v) is 15.1. The fraction of sp³-hybridized carbons (Fsp3) is 0.467. The Morgan fingerprint density at radius 1 is 1.38 bits per heavy atom. The van der Waals surface area contributed by atoms with Gasteiger partial charge in [0.25, 0.3) is 5.91 Å². The summed E-state index contributed by atoms with van der Waals surface area (Å²) in [6.07, 6.45) is 2.84. The van der Waals surface area contributed by atoms with E-state index >= 15 is 0 Å². The van der Waals surface area contributed by atoms with Crippen molar-refractivity contribution < 1.29 is 14.3 Å². The van der Waals surface area contributed by atoms with Gasteiger partial charge in [0.2, 0.25) is 0 Å². The van der Waals surface area contributed by atoms with Gasteiger partial charge in [-0.3, -0.25) is 14.2 Å². The highest BCUT2D eigenvalue weighted by Gasteiger charge is 2.26. The van der Waals surface area contributed by atoms with Gasteiger partial charge in [0.15, 0.2) is 0 Å². The average molecular weight is 396 g/mol. The summed E-state index contributed by atoms with van der Waals surface area (Å²) in [5.41, 5.74) is 2.32. The molecule has 2 aromatic heterocycles. The second kappa shape index (κ2) is 6.76. The Labute approximate surface area is 147 Å². The Morgan fingerprint density at radius 3 is 2.83 bits per heavy atom. The molecule has 1 aliphatic rings. The molecule has 0 saturated heterocycles. The molecule has 1 aliphatic heterocycles. The Balaban J connectivity index is 1.82. The zero-order valence-electron chi connectivity index (χ0n) is 13.5. The van der Waals surface area contributed by atoms with E-state index in [1.807, 2.05) is 4.68 Å². The van der Waals surface area contributed by atoms with Crippen LogP contribution < -0.4 is 5.32 Å². The molecule has 24 heavy (non-hydrogen) atoms. The third-order valence-electron chi connectivity index (χ3n) is 4.05. The largest absolute Gasteiger partial charge is 0.465 e. The van der Waals surface area contributed by atoms with Crippen molar-refractivity contribution in [2.45, 2.75) is 32.4 Å². The van der Waals surface area contributed by atoms with Crippen LogP contribution in [0.2, 0.25) is 0 Å². The van der Waals surface area contributed by atoms with Gasteiger partial charge in [-0.25, -0.2) is 4.79 Å². The number of halogens is 1. The molecule has 0 atom stereocenters. The molecule has 1 amide bonds. The number of hydrogen-bond acceptors (Lipinski definition) is 5. The first-order chi connectivity index (χ1) is 11.5. The number of amides is 1. The number of nitrogens with one attached hydrogen (secondary N) is 1. The number of hydrogen-bond donors (Lipinski definition) is 1. The van der Waals surface area contributed by atoms with Crippen molar-refractivity contribution in [3.63, 3.8) is 0 Å². The van der Waals surface area contributed by atoms with Crippen LogP contribution in [0.5, 0.6) is 0 Å². The van der Waals surface area contributed by atoms with Gasteiger partial charge in [-0.1, -0.05) is 0 Å². The molecule has 0 saturated carbocycles. The summed E-state index contributed by atoms with van der Waals surface area (Å²) < 4.78 is 8.81. The number of rotatable bonds is 4. The Bertz CT molecular complexity index is 795. The van der Waals surface area contributed by atoms with Crippen LogP contribution in [0, 0.1) is 0 Å². The molecule has 0 fully saturated rings. The highest BCUT2D eigenvalue weighted by atomic mass is 79.9. The van der Waals surface area contributed by atoms with E-state index in [2.05, 4.69) is 31.4 Å². The Morgan fingerprint density at radius 2 is 2.17 bits per heavy atom. The Kier molecular flexibility index (Phi) is 4.70. The van der Waals surface area contributed by atoms with Crippen LogP contribution in [0.4, 0.5) is 0 Å². The first-order valence-corrected chi connectivity index (χ1v) is 8.45. The van der Waals surface area contributed by atoms with Crippen LogP contribution in [0.15, 0.2) is 10.7 Å². The van der Waals surface area contributed by atoms with E-state index in [4.69, 9.17) is 4.74 Å². The van der Waals surface area contributed by atoms with Crippen LogP contribution in [0.1, 0.15) is 45.1 Å². The first-order valence-electron chi connectivity index (χ1n) is 7.66. The van der Waals surface area contributed by atoms with Crippen molar-refractivity contribution in [3.8, 4) is 0 Å². The molecule has 2 aromatic rings. The predicted octanol–water partition coefficient (Wildman–Crippen LogP) is 1.43. The molecule has 8 nitrogen and oxygen atoms in total. The van der Waals surface area contributed by atoms with E-state index in [0.717, 1.165) is 31.5 Å². The summed E-state index contributed by atoms with van der Waals surface area (Å²) in [7, 11) is 3.04. The smallest absolute Gasteiger partial charge is 0.341 e. The molecular formula is C15H18BrN5O3. The fourth-order valence-electron chi connectivity index (χ4n) is 2.91. The van der Waals surface area contributed by atoms with Crippen molar-refractivity contribution >= 4 is 27.8 Å². The van der Waals surface area contributed by atoms with Crippen LogP contribution in [-0.4, -0.2) is 38.5 Å². The minimum atomic E-state index is -0.411. The maximum Gasteiger partial charge on any atom is 0.341 e. The maximum atomic E-state index is 12.3. The van der Waals surface area contributed by atoms with E-state index in [9.17, 15) is 9.59 Å². The van der Waals surface area contributed by atoms with Crippen LogP contribution in [-0.2, 0) is 31.3 Å². The zero-order chi connectivity index (χ0) is 17.3. The van der Waals surface area contributed by atoms with Gasteiger partial charge in [0.05, 0.1) is 25.0 Å². The molecule has 0 spiro atoms. The number of carbonyl (C=O) groups is 2. The predicted molar refractivity (Wildman–Crippen MR) is 88.6 cm³/mol. The van der Waals surface area contributed by atoms with E-state index in [1.54, 1.807) is 13.1 Å². The summed E-state index contributed by atoms with van der Waals surface area (Å²) in [4.78, 5) is 24.4. The van der Waals surface area contributed by atoms with Crippen molar-refractivity contribution in [1.29, 1.82) is 0 Å². The van der Waals surface area contributed by atoms with Crippen molar-refractivity contribution in [2.24, 2.45) is 7.05 Å². The van der Waals surface area contributed by atoms with Gasteiger partial charge in [-0.15, -0.1) is 0 Å². The lowest BCUT2D eigenvalue weighted by atomic mass is 10.0. The summed E-state index contributed by atoms with van der Waals surface area (Å²) in [5, 5.41) is 11.4. The standard InChI is InChI=1S/C15H18BrN5O3/c1-20-11(7-12(16)19-20)14(22)17-8-9-13(15(23)24-2)10-5-3-4-6-21(10)18-9/h7H,3-6,8H2,1-2H3,(H,17,22). The lowest BCUT2D eigenvalue weighted by molar-refractivity contribution is 0.0597. The van der Waals surface area contributed by atoms with E-state index in [1.165, 1.54) is 11.8 Å². The SMILES string of the molecule is COC(=O)c1c(CNC(=O)c2cc(Br)nn2C)nn2c1CCCC2. The van der Waals surface area contributed by atoms with Crippen LogP contribution in [0.25, 0.3) is 0 Å². The summed E-state index contributed by atoms with van der Waals surface area (Å²) >= 11 is 3.24. The van der Waals surface area contributed by atoms with Crippen molar-refractivity contribution in [3.05, 3.63) is 33.3 Å². The summed E-state index contributed by atoms with van der Waals surface area (Å²) in [5.74, 6) is -0.692. The van der Waals surface area contributed by atoms with Crippen LogP contribution in [0.3, 0.4) is 0 Å². The highest BCUT2D eigenvalue weighted by molar-refractivity contribution is 9.10. The van der Waals surface area contributed by atoms with Gasteiger partial charge in [0.1, 0.15) is 15.9 Å². The quantitative estimate of drug-likeness (QED) is 0.790. The second-order valence-electron chi connectivity index (χ2n) is 5.60. The minimum Gasteiger partial charge on any atom is -0.465 e. The number of aromatic nitrogens is 4. The number of carbonyl (C=O) groups excluding carboxylic acids is 2. The molecule has 1 N–H and O–H groups in total. The first kappa shape index (κ1) is 16.7. The summed E-state index contributed by atoms with van der Waals surface area (Å²) in [6.45, 7) is 0.939. The Hall–Kier alpha value is -2.16. The molecular weight excluding hydrogens is 378 g/mol. The fourth-order valence-corrected chi connectivity index (χ4v) is 3.36. The lowest BCUT2D eigenvalue weighted by Gasteiger charge is -2.13. The normalized spacial score (nSPS) is 13.5. The van der Waals surface area contributed by atoms with E-state index in [-0.39, 0.29) is 12.5 Å². The number of fused-ring (bicyclic) bond motifs is 1. The summed E-state index contributed by atoms with van der Waals surface area (Å²) in [6, 6.07) is 1.63. The van der Waals surface area contributed by atoms with Gasteiger partial charge in [-0.05, 0) is 35.2 Å². The third-order valence-corrected chi connectivity index (χ3v) is 4.44. The van der Waals surface area contributed by atoms with Gasteiger partial charge in [0, 0.05) is 19.7 Å². The average Bonchev–Trinajstić information content (AvgIpc) is 3.11.